The molecule has 6 nitrogen and oxygen atoms in total. The van der Waals surface area contributed by atoms with E-state index in [0.717, 1.165) is 38.5 Å². The average Bonchev–Trinajstić information content (AvgIpc) is 3.06. The van der Waals surface area contributed by atoms with Crippen molar-refractivity contribution in [1.82, 2.24) is 9.80 Å². The first-order chi connectivity index (χ1) is 22.6. The minimum atomic E-state index is -0.0153. The zero-order valence-electron chi connectivity index (χ0n) is 31.1. The molecule has 0 bridgehead atoms. The van der Waals surface area contributed by atoms with Gasteiger partial charge in [0.25, 0.3) is 0 Å². The van der Waals surface area contributed by atoms with E-state index in [4.69, 9.17) is 0 Å². The Morgan fingerprint density at radius 1 is 0.348 bits per heavy atom. The van der Waals surface area contributed by atoms with Gasteiger partial charge in [-0.1, -0.05) is 168 Å². The number of carbonyl (C=O) groups excluding carboxylic acids is 2. The van der Waals surface area contributed by atoms with E-state index in [9.17, 15) is 19.8 Å². The van der Waals surface area contributed by atoms with Gasteiger partial charge in [0.2, 0.25) is 11.8 Å². The summed E-state index contributed by atoms with van der Waals surface area (Å²) in [4.78, 5) is 29.2. The van der Waals surface area contributed by atoms with Crippen molar-refractivity contribution < 1.29 is 19.8 Å². The fraction of sp³-hybridized carbons (Fsp3) is 0.950. The van der Waals surface area contributed by atoms with Crippen LogP contribution in [0.15, 0.2) is 0 Å². The molecule has 6 heteroatoms. The first kappa shape index (κ1) is 44.9. The highest BCUT2D eigenvalue weighted by Gasteiger charge is 2.15. The number of hydrogen-bond donors (Lipinski definition) is 2. The van der Waals surface area contributed by atoms with Gasteiger partial charge < -0.3 is 20.0 Å². The van der Waals surface area contributed by atoms with Crippen LogP contribution < -0.4 is 0 Å². The van der Waals surface area contributed by atoms with E-state index in [1.807, 2.05) is 0 Å². The Bertz CT molecular complexity index is 591. The highest BCUT2D eigenvalue weighted by Crippen LogP contribution is 2.15. The molecule has 0 aliphatic carbocycles. The van der Waals surface area contributed by atoms with Gasteiger partial charge in [0.05, 0.1) is 13.2 Å². The monoisotopic (exact) mass is 653 g/mol. The van der Waals surface area contributed by atoms with Crippen LogP contribution in [0.3, 0.4) is 0 Å². The molecule has 0 heterocycles. The van der Waals surface area contributed by atoms with Crippen LogP contribution in [0.25, 0.3) is 0 Å². The maximum absolute atomic E-state index is 12.8. The molecule has 2 amide bonds. The summed E-state index contributed by atoms with van der Waals surface area (Å²) in [5, 5.41) is 19.0. The summed E-state index contributed by atoms with van der Waals surface area (Å²) in [6, 6.07) is 0. The van der Waals surface area contributed by atoms with Crippen molar-refractivity contribution in [1.29, 1.82) is 0 Å². The molecule has 0 saturated carbocycles. The fourth-order valence-corrected chi connectivity index (χ4v) is 6.47. The fourth-order valence-electron chi connectivity index (χ4n) is 6.47. The van der Waals surface area contributed by atoms with Crippen LogP contribution in [0.2, 0.25) is 0 Å². The number of amides is 2. The molecule has 274 valence electrons. The quantitative estimate of drug-likeness (QED) is 0.0655. The number of aliphatic hydroxyl groups is 2. The van der Waals surface area contributed by atoms with Gasteiger partial charge >= 0.3 is 0 Å². The third-order valence-electron chi connectivity index (χ3n) is 9.54. The Kier molecular flexibility index (Phi) is 35.8. The Morgan fingerprint density at radius 2 is 0.587 bits per heavy atom. The van der Waals surface area contributed by atoms with E-state index in [-0.39, 0.29) is 25.0 Å². The molecule has 0 aliphatic heterocycles. The summed E-state index contributed by atoms with van der Waals surface area (Å²) in [6.07, 6.45) is 36.3. The second-order valence-corrected chi connectivity index (χ2v) is 13.9. The zero-order chi connectivity index (χ0) is 33.8. The summed E-state index contributed by atoms with van der Waals surface area (Å²) in [6.45, 7) is 6.52. The highest BCUT2D eigenvalue weighted by atomic mass is 16.3. The summed E-state index contributed by atoms with van der Waals surface area (Å²) >= 11 is 0. The normalized spacial score (nSPS) is 11.3. The van der Waals surface area contributed by atoms with Gasteiger partial charge in [-0.25, -0.2) is 0 Å². The lowest BCUT2D eigenvalue weighted by Crippen LogP contribution is -2.36. The second-order valence-electron chi connectivity index (χ2n) is 13.9. The lowest BCUT2D eigenvalue weighted by atomic mass is 10.0. The standard InChI is InChI=1S/C40H80N2O4/c1-3-5-7-9-11-13-15-17-19-21-23-25-27-31-39(45)41(35-37-43)33-29-30-34-42(36-38-44)40(46)32-28-26-24-22-20-18-16-14-12-10-8-6-4-2/h43-44H,3-38H2,1-2H3. The summed E-state index contributed by atoms with van der Waals surface area (Å²) in [5.41, 5.74) is 0. The number of carbonyl (C=O) groups is 2. The van der Waals surface area contributed by atoms with Crippen molar-refractivity contribution in [2.45, 2.75) is 206 Å². The molecule has 0 rings (SSSR count). The van der Waals surface area contributed by atoms with Crippen LogP contribution in [-0.4, -0.2) is 71.2 Å². The van der Waals surface area contributed by atoms with Crippen molar-refractivity contribution in [3.8, 4) is 0 Å². The number of hydrogen-bond acceptors (Lipinski definition) is 4. The highest BCUT2D eigenvalue weighted by molar-refractivity contribution is 5.76. The molecule has 46 heavy (non-hydrogen) atoms. The van der Waals surface area contributed by atoms with E-state index in [1.54, 1.807) is 9.80 Å². The number of nitrogens with zero attached hydrogens (tertiary/aromatic N) is 2. The molecule has 0 unspecified atom stereocenters. The molecule has 0 aromatic rings. The molecule has 0 radical (unpaired) electrons. The predicted molar refractivity (Wildman–Crippen MR) is 197 cm³/mol. The number of rotatable bonds is 37. The number of aliphatic hydroxyl groups excluding tert-OH is 2. The van der Waals surface area contributed by atoms with Crippen LogP contribution in [-0.2, 0) is 9.59 Å². The minimum Gasteiger partial charge on any atom is -0.395 e. The van der Waals surface area contributed by atoms with Crippen LogP contribution in [0.1, 0.15) is 206 Å². The molecular formula is C40H80N2O4. The van der Waals surface area contributed by atoms with Gasteiger partial charge in [-0.15, -0.1) is 0 Å². The van der Waals surface area contributed by atoms with Crippen molar-refractivity contribution in [3.05, 3.63) is 0 Å². The molecule has 0 aliphatic rings. The summed E-state index contributed by atoms with van der Waals surface area (Å²) in [5.74, 6) is 0.283. The maximum Gasteiger partial charge on any atom is 0.222 e. The van der Waals surface area contributed by atoms with E-state index >= 15 is 0 Å². The maximum atomic E-state index is 12.8. The summed E-state index contributed by atoms with van der Waals surface area (Å²) in [7, 11) is 0. The van der Waals surface area contributed by atoms with Crippen LogP contribution in [0, 0.1) is 0 Å². The van der Waals surface area contributed by atoms with E-state index in [1.165, 1.54) is 141 Å². The van der Waals surface area contributed by atoms with Gasteiger partial charge in [-0.2, -0.15) is 0 Å². The van der Waals surface area contributed by atoms with Gasteiger partial charge in [0, 0.05) is 39.0 Å². The topological polar surface area (TPSA) is 81.1 Å². The van der Waals surface area contributed by atoms with Crippen molar-refractivity contribution in [3.63, 3.8) is 0 Å². The molecule has 0 saturated heterocycles. The number of unbranched alkanes of at least 4 members (excludes halogenated alkanes) is 25. The lowest BCUT2D eigenvalue weighted by molar-refractivity contribution is -0.133. The molecule has 0 atom stereocenters. The molecule has 0 spiro atoms. The summed E-state index contributed by atoms with van der Waals surface area (Å²) < 4.78 is 0. The smallest absolute Gasteiger partial charge is 0.222 e. The van der Waals surface area contributed by atoms with Crippen molar-refractivity contribution in [2.75, 3.05) is 39.4 Å². The Labute approximate surface area is 286 Å². The first-order valence-corrected chi connectivity index (χ1v) is 20.4. The van der Waals surface area contributed by atoms with E-state index in [0.29, 0.717) is 39.0 Å². The second kappa shape index (κ2) is 36.7. The minimum absolute atomic E-state index is 0.0153. The largest absolute Gasteiger partial charge is 0.395 e. The average molecular weight is 653 g/mol. The lowest BCUT2D eigenvalue weighted by Gasteiger charge is -2.24. The van der Waals surface area contributed by atoms with Gasteiger partial charge in [0.1, 0.15) is 0 Å². The molecular weight excluding hydrogens is 572 g/mol. The van der Waals surface area contributed by atoms with E-state index < -0.39 is 0 Å². The first-order valence-electron chi connectivity index (χ1n) is 20.4. The van der Waals surface area contributed by atoms with E-state index in [2.05, 4.69) is 13.8 Å². The molecule has 0 aromatic carbocycles. The van der Waals surface area contributed by atoms with Gasteiger partial charge in [-0.3, -0.25) is 9.59 Å². The SMILES string of the molecule is CCCCCCCCCCCCCCCC(=O)N(CCO)CCCCN(CCO)C(=O)CCCCCCCCCCCCCCC. The zero-order valence-corrected chi connectivity index (χ0v) is 31.1. The molecule has 0 fully saturated rings. The Morgan fingerprint density at radius 3 is 0.826 bits per heavy atom. The third-order valence-corrected chi connectivity index (χ3v) is 9.54. The van der Waals surface area contributed by atoms with Crippen LogP contribution in [0.5, 0.6) is 0 Å². The van der Waals surface area contributed by atoms with Crippen molar-refractivity contribution in [2.24, 2.45) is 0 Å². The van der Waals surface area contributed by atoms with Gasteiger partial charge in [-0.05, 0) is 25.7 Å². The van der Waals surface area contributed by atoms with Crippen LogP contribution >= 0.6 is 0 Å². The predicted octanol–water partition coefficient (Wildman–Crippen LogP) is 10.4. The van der Waals surface area contributed by atoms with Crippen molar-refractivity contribution >= 4 is 11.8 Å². The van der Waals surface area contributed by atoms with Crippen LogP contribution in [0.4, 0.5) is 0 Å². The third kappa shape index (κ3) is 30.2. The Hall–Kier alpha value is -1.14. The molecule has 0 aromatic heterocycles. The van der Waals surface area contributed by atoms with Gasteiger partial charge in [0.15, 0.2) is 0 Å². The molecule has 2 N–H and O–H groups in total. The Balaban J connectivity index is 3.94.